The molecule has 0 radical (unpaired) electrons. The molecule has 0 atom stereocenters. The van der Waals surface area contributed by atoms with Crippen molar-refractivity contribution in [2.45, 2.75) is 6.54 Å². The van der Waals surface area contributed by atoms with E-state index in [1.165, 1.54) is 4.57 Å². The SMILES string of the molecule is O=C(CS)Nc1ccc(Cn2c(=O)[nH]c(=O)c3cccc(Cl)c32)cc1. The highest BCUT2D eigenvalue weighted by molar-refractivity contribution is 7.81. The van der Waals surface area contributed by atoms with Gasteiger partial charge < -0.3 is 5.32 Å². The molecule has 0 fully saturated rings. The molecule has 0 aliphatic rings. The van der Waals surface area contributed by atoms with Crippen LogP contribution >= 0.6 is 24.2 Å². The van der Waals surface area contributed by atoms with Crippen LogP contribution < -0.4 is 16.6 Å². The molecule has 0 spiro atoms. The van der Waals surface area contributed by atoms with Gasteiger partial charge in [0.05, 0.1) is 28.2 Å². The summed E-state index contributed by atoms with van der Waals surface area (Å²) in [6.07, 6.45) is 0. The van der Waals surface area contributed by atoms with Crippen molar-refractivity contribution in [3.05, 3.63) is 73.9 Å². The first-order chi connectivity index (χ1) is 12.0. The highest BCUT2D eigenvalue weighted by atomic mass is 35.5. The monoisotopic (exact) mass is 375 g/mol. The molecule has 25 heavy (non-hydrogen) atoms. The summed E-state index contributed by atoms with van der Waals surface area (Å²) in [6, 6.07) is 12.0. The molecule has 1 aromatic heterocycles. The topological polar surface area (TPSA) is 84.0 Å². The molecule has 1 heterocycles. The number of anilines is 1. The number of nitrogens with zero attached hydrogens (tertiary/aromatic N) is 1. The Morgan fingerprint density at radius 2 is 1.88 bits per heavy atom. The number of nitrogens with one attached hydrogen (secondary N) is 2. The Balaban J connectivity index is 2.00. The zero-order valence-electron chi connectivity index (χ0n) is 13.0. The number of amides is 1. The van der Waals surface area contributed by atoms with E-state index in [-0.39, 0.29) is 18.2 Å². The summed E-state index contributed by atoms with van der Waals surface area (Å²) in [5, 5.41) is 3.37. The van der Waals surface area contributed by atoms with E-state index in [2.05, 4.69) is 22.9 Å². The number of rotatable bonds is 4. The number of halogens is 1. The van der Waals surface area contributed by atoms with E-state index in [4.69, 9.17) is 11.6 Å². The summed E-state index contributed by atoms with van der Waals surface area (Å²) in [5.41, 5.74) is 0.853. The zero-order valence-corrected chi connectivity index (χ0v) is 14.6. The molecule has 0 aliphatic heterocycles. The van der Waals surface area contributed by atoms with Crippen LogP contribution in [-0.2, 0) is 11.3 Å². The average molecular weight is 376 g/mol. The van der Waals surface area contributed by atoms with Crippen molar-refractivity contribution < 1.29 is 4.79 Å². The highest BCUT2D eigenvalue weighted by Crippen LogP contribution is 2.20. The zero-order chi connectivity index (χ0) is 18.0. The van der Waals surface area contributed by atoms with Crippen molar-refractivity contribution in [2.75, 3.05) is 11.1 Å². The second-order valence-electron chi connectivity index (χ2n) is 5.38. The third kappa shape index (κ3) is 3.62. The number of fused-ring (bicyclic) bond motifs is 1. The molecule has 3 aromatic rings. The van der Waals surface area contributed by atoms with E-state index in [1.807, 2.05) is 0 Å². The third-order valence-corrected chi connectivity index (χ3v) is 4.28. The third-order valence-electron chi connectivity index (χ3n) is 3.69. The lowest BCUT2D eigenvalue weighted by molar-refractivity contribution is -0.113. The predicted octanol–water partition coefficient (Wildman–Crippen LogP) is 2.26. The minimum absolute atomic E-state index is 0.0962. The van der Waals surface area contributed by atoms with Gasteiger partial charge in [0.25, 0.3) is 5.56 Å². The Kier molecular flexibility index (Phi) is 4.96. The Bertz CT molecular complexity index is 1060. The highest BCUT2D eigenvalue weighted by Gasteiger charge is 2.11. The molecule has 8 heteroatoms. The van der Waals surface area contributed by atoms with Crippen LogP contribution in [0.3, 0.4) is 0 Å². The normalized spacial score (nSPS) is 10.8. The Morgan fingerprint density at radius 3 is 2.56 bits per heavy atom. The fourth-order valence-electron chi connectivity index (χ4n) is 2.53. The molecular formula is C17H14ClN3O3S. The van der Waals surface area contributed by atoms with Gasteiger partial charge in [-0.25, -0.2) is 4.79 Å². The maximum Gasteiger partial charge on any atom is 0.329 e. The molecule has 0 saturated heterocycles. The lowest BCUT2D eigenvalue weighted by atomic mass is 10.2. The van der Waals surface area contributed by atoms with Gasteiger partial charge >= 0.3 is 5.69 Å². The second kappa shape index (κ2) is 7.16. The first-order valence-corrected chi connectivity index (χ1v) is 8.41. The van der Waals surface area contributed by atoms with Gasteiger partial charge in [0.2, 0.25) is 5.91 Å². The van der Waals surface area contributed by atoms with Crippen LogP contribution in [0.2, 0.25) is 5.02 Å². The van der Waals surface area contributed by atoms with E-state index in [0.717, 1.165) is 5.56 Å². The van der Waals surface area contributed by atoms with Gasteiger partial charge in [-0.05, 0) is 29.8 Å². The van der Waals surface area contributed by atoms with Crippen LogP contribution in [0.15, 0.2) is 52.1 Å². The minimum Gasteiger partial charge on any atom is -0.325 e. The number of aromatic amines is 1. The molecule has 0 aliphatic carbocycles. The van der Waals surface area contributed by atoms with Crippen LogP contribution in [0, 0.1) is 0 Å². The molecule has 2 aromatic carbocycles. The quantitative estimate of drug-likeness (QED) is 0.611. The molecular weight excluding hydrogens is 362 g/mol. The number of aromatic nitrogens is 2. The molecule has 1 amide bonds. The number of para-hydroxylation sites is 1. The summed E-state index contributed by atoms with van der Waals surface area (Å²) < 4.78 is 1.42. The lowest BCUT2D eigenvalue weighted by Crippen LogP contribution is -2.30. The van der Waals surface area contributed by atoms with E-state index in [1.54, 1.807) is 42.5 Å². The molecule has 3 rings (SSSR count). The smallest absolute Gasteiger partial charge is 0.325 e. The molecule has 2 N–H and O–H groups in total. The Labute approximate surface area is 152 Å². The molecule has 0 bridgehead atoms. The van der Waals surface area contributed by atoms with Gasteiger partial charge in [0.15, 0.2) is 0 Å². The number of carbonyl (C=O) groups excluding carboxylic acids is 1. The molecule has 6 nitrogen and oxygen atoms in total. The number of carbonyl (C=O) groups is 1. The maximum atomic E-state index is 12.2. The van der Waals surface area contributed by atoms with Crippen molar-refractivity contribution in [3.63, 3.8) is 0 Å². The van der Waals surface area contributed by atoms with E-state index in [0.29, 0.717) is 21.6 Å². The first kappa shape index (κ1) is 17.3. The van der Waals surface area contributed by atoms with Crippen LogP contribution in [0.25, 0.3) is 10.9 Å². The maximum absolute atomic E-state index is 12.2. The van der Waals surface area contributed by atoms with Crippen molar-refractivity contribution >= 4 is 46.7 Å². The summed E-state index contributed by atoms with van der Waals surface area (Å²) >= 11 is 10.1. The van der Waals surface area contributed by atoms with Crippen molar-refractivity contribution in [1.82, 2.24) is 9.55 Å². The molecule has 128 valence electrons. The summed E-state index contributed by atoms with van der Waals surface area (Å²) in [4.78, 5) is 37.8. The van der Waals surface area contributed by atoms with E-state index >= 15 is 0 Å². The summed E-state index contributed by atoms with van der Waals surface area (Å²) in [5.74, 6) is -0.107. The minimum atomic E-state index is -0.530. The number of thiol groups is 1. The van der Waals surface area contributed by atoms with E-state index in [9.17, 15) is 14.4 Å². The van der Waals surface area contributed by atoms with Crippen molar-refractivity contribution in [1.29, 1.82) is 0 Å². The van der Waals surface area contributed by atoms with Crippen LogP contribution in [0.1, 0.15) is 5.56 Å². The Morgan fingerprint density at radius 1 is 1.16 bits per heavy atom. The Hall–Kier alpha value is -2.51. The largest absolute Gasteiger partial charge is 0.329 e. The molecule has 0 saturated carbocycles. The van der Waals surface area contributed by atoms with Gasteiger partial charge in [-0.2, -0.15) is 12.6 Å². The van der Waals surface area contributed by atoms with Crippen molar-refractivity contribution in [3.8, 4) is 0 Å². The van der Waals surface area contributed by atoms with Gasteiger partial charge in [0.1, 0.15) is 0 Å². The fourth-order valence-corrected chi connectivity index (χ4v) is 2.89. The number of benzene rings is 2. The van der Waals surface area contributed by atoms with Gasteiger partial charge in [0, 0.05) is 5.69 Å². The van der Waals surface area contributed by atoms with Crippen molar-refractivity contribution in [2.24, 2.45) is 0 Å². The molecule has 0 unspecified atom stereocenters. The fraction of sp³-hybridized carbons (Fsp3) is 0.118. The lowest BCUT2D eigenvalue weighted by Gasteiger charge is -2.11. The average Bonchev–Trinajstić information content (AvgIpc) is 2.60. The number of hydrogen-bond acceptors (Lipinski definition) is 4. The second-order valence-corrected chi connectivity index (χ2v) is 6.11. The number of hydrogen-bond donors (Lipinski definition) is 3. The summed E-state index contributed by atoms with van der Waals surface area (Å²) in [7, 11) is 0. The predicted molar refractivity (Wildman–Crippen MR) is 102 cm³/mol. The van der Waals surface area contributed by atoms with Crippen LogP contribution in [-0.4, -0.2) is 21.2 Å². The van der Waals surface area contributed by atoms with Gasteiger partial charge in [-0.1, -0.05) is 29.8 Å². The van der Waals surface area contributed by atoms with Gasteiger partial charge in [-0.3, -0.25) is 19.1 Å². The van der Waals surface area contributed by atoms with E-state index < -0.39 is 11.2 Å². The van der Waals surface area contributed by atoms with Crippen LogP contribution in [0.4, 0.5) is 5.69 Å². The first-order valence-electron chi connectivity index (χ1n) is 7.40. The summed E-state index contributed by atoms with van der Waals surface area (Å²) in [6.45, 7) is 0.233. The van der Waals surface area contributed by atoms with Crippen LogP contribution in [0.5, 0.6) is 0 Å². The van der Waals surface area contributed by atoms with Gasteiger partial charge in [-0.15, -0.1) is 0 Å². The number of H-pyrrole nitrogens is 1. The standard InChI is InChI=1S/C17H14ClN3O3S/c18-13-3-1-2-12-15(13)21(17(24)20-16(12)23)8-10-4-6-11(7-5-10)19-14(22)9-25/h1-7,25H,8-9H2,(H,19,22)(H,20,23,24).